The van der Waals surface area contributed by atoms with Crippen molar-refractivity contribution in [3.63, 3.8) is 0 Å². The first kappa shape index (κ1) is 12.9. The lowest BCUT2D eigenvalue weighted by Crippen LogP contribution is -2.31. The Bertz CT molecular complexity index is 636. The van der Waals surface area contributed by atoms with Gasteiger partial charge in [-0.3, -0.25) is 0 Å². The van der Waals surface area contributed by atoms with Crippen molar-refractivity contribution in [1.82, 2.24) is 14.4 Å². The maximum Gasteiger partial charge on any atom is 0.180 e. The zero-order chi connectivity index (χ0) is 14.2. The Kier molecular flexibility index (Phi) is 3.18. The highest BCUT2D eigenvalue weighted by atomic mass is 16.5. The van der Waals surface area contributed by atoms with Gasteiger partial charge >= 0.3 is 0 Å². The van der Waals surface area contributed by atoms with Crippen LogP contribution in [0.4, 0.5) is 11.6 Å². The topological polar surface area (TPSA) is 63.5 Å². The lowest BCUT2D eigenvalue weighted by Gasteiger charge is -2.20. The second kappa shape index (κ2) is 5.18. The van der Waals surface area contributed by atoms with Gasteiger partial charge in [0.2, 0.25) is 0 Å². The van der Waals surface area contributed by atoms with Crippen LogP contribution in [0.5, 0.6) is 0 Å². The number of rotatable bonds is 5. The van der Waals surface area contributed by atoms with Crippen LogP contribution in [0, 0.1) is 5.92 Å². The van der Waals surface area contributed by atoms with Gasteiger partial charge in [0.1, 0.15) is 5.82 Å². The molecule has 112 valence electrons. The molecule has 0 amide bonds. The summed E-state index contributed by atoms with van der Waals surface area (Å²) >= 11 is 0. The van der Waals surface area contributed by atoms with Gasteiger partial charge in [-0.15, -0.1) is 0 Å². The molecule has 2 N–H and O–H groups in total. The monoisotopic (exact) mass is 287 g/mol. The van der Waals surface area contributed by atoms with Crippen LogP contribution in [0.15, 0.2) is 18.6 Å². The van der Waals surface area contributed by atoms with Crippen LogP contribution in [0.2, 0.25) is 0 Å². The van der Waals surface area contributed by atoms with E-state index in [0.717, 1.165) is 42.8 Å². The molecule has 0 bridgehead atoms. The quantitative estimate of drug-likeness (QED) is 0.882. The SMILES string of the molecule is CCNc1cn2ccnc2c(NC2CCOC2C2CC2)n1. The van der Waals surface area contributed by atoms with Gasteiger partial charge in [-0.1, -0.05) is 0 Å². The Morgan fingerprint density at radius 3 is 3.10 bits per heavy atom. The molecule has 6 nitrogen and oxygen atoms in total. The van der Waals surface area contributed by atoms with Crippen LogP contribution < -0.4 is 10.6 Å². The van der Waals surface area contributed by atoms with Crippen LogP contribution in [-0.4, -0.2) is 39.7 Å². The fourth-order valence-corrected chi connectivity index (χ4v) is 3.13. The Morgan fingerprint density at radius 2 is 2.29 bits per heavy atom. The first-order valence-electron chi connectivity index (χ1n) is 7.81. The lowest BCUT2D eigenvalue weighted by atomic mass is 10.1. The molecule has 2 aromatic rings. The predicted molar refractivity (Wildman–Crippen MR) is 81.6 cm³/mol. The van der Waals surface area contributed by atoms with E-state index in [9.17, 15) is 0 Å². The third kappa shape index (κ3) is 2.44. The van der Waals surface area contributed by atoms with Crippen molar-refractivity contribution in [2.45, 2.75) is 38.3 Å². The van der Waals surface area contributed by atoms with Crippen molar-refractivity contribution >= 4 is 17.3 Å². The normalized spacial score (nSPS) is 25.4. The molecule has 3 heterocycles. The number of ether oxygens (including phenoxy) is 1. The van der Waals surface area contributed by atoms with Crippen molar-refractivity contribution in [3.8, 4) is 0 Å². The van der Waals surface area contributed by atoms with Crippen molar-refractivity contribution in [2.24, 2.45) is 5.92 Å². The molecule has 2 atom stereocenters. The highest BCUT2D eigenvalue weighted by molar-refractivity contribution is 5.65. The summed E-state index contributed by atoms with van der Waals surface area (Å²) in [6.07, 6.45) is 9.71. The molecule has 2 unspecified atom stereocenters. The minimum Gasteiger partial charge on any atom is -0.376 e. The molecule has 2 aromatic heterocycles. The van der Waals surface area contributed by atoms with Crippen molar-refractivity contribution in [2.75, 3.05) is 23.8 Å². The molecule has 0 aromatic carbocycles. The van der Waals surface area contributed by atoms with E-state index in [1.807, 2.05) is 16.8 Å². The van der Waals surface area contributed by atoms with Gasteiger partial charge in [0.05, 0.1) is 18.3 Å². The van der Waals surface area contributed by atoms with E-state index in [1.54, 1.807) is 6.20 Å². The number of fused-ring (bicyclic) bond motifs is 1. The van der Waals surface area contributed by atoms with Gasteiger partial charge in [-0.05, 0) is 32.1 Å². The van der Waals surface area contributed by atoms with E-state index >= 15 is 0 Å². The van der Waals surface area contributed by atoms with Gasteiger partial charge in [-0.25, -0.2) is 9.97 Å². The number of imidazole rings is 1. The molecule has 4 rings (SSSR count). The Morgan fingerprint density at radius 1 is 1.38 bits per heavy atom. The first-order chi connectivity index (χ1) is 10.3. The van der Waals surface area contributed by atoms with E-state index in [2.05, 4.69) is 27.5 Å². The Hall–Kier alpha value is -1.82. The van der Waals surface area contributed by atoms with Gasteiger partial charge in [-0.2, -0.15) is 0 Å². The maximum atomic E-state index is 5.90. The zero-order valence-corrected chi connectivity index (χ0v) is 12.2. The van der Waals surface area contributed by atoms with Crippen LogP contribution in [0.1, 0.15) is 26.2 Å². The number of aromatic nitrogens is 3. The van der Waals surface area contributed by atoms with Crippen LogP contribution in [0.25, 0.3) is 5.65 Å². The van der Waals surface area contributed by atoms with Gasteiger partial charge in [0, 0.05) is 25.5 Å². The number of hydrogen-bond donors (Lipinski definition) is 2. The Labute approximate surface area is 123 Å². The third-order valence-electron chi connectivity index (χ3n) is 4.28. The summed E-state index contributed by atoms with van der Waals surface area (Å²) in [6, 6.07) is 0.349. The van der Waals surface area contributed by atoms with Crippen LogP contribution in [0.3, 0.4) is 0 Å². The summed E-state index contributed by atoms with van der Waals surface area (Å²) in [6.45, 7) is 3.77. The molecule has 2 fully saturated rings. The molecule has 1 saturated carbocycles. The third-order valence-corrected chi connectivity index (χ3v) is 4.28. The second-order valence-electron chi connectivity index (χ2n) is 5.88. The Balaban J connectivity index is 1.63. The van der Waals surface area contributed by atoms with E-state index in [1.165, 1.54) is 12.8 Å². The highest BCUT2D eigenvalue weighted by Crippen LogP contribution is 2.39. The predicted octanol–water partition coefficient (Wildman–Crippen LogP) is 2.14. The zero-order valence-electron chi connectivity index (χ0n) is 12.2. The number of hydrogen-bond acceptors (Lipinski definition) is 5. The van der Waals surface area contributed by atoms with E-state index in [-0.39, 0.29) is 0 Å². The van der Waals surface area contributed by atoms with Gasteiger partial charge in [0.25, 0.3) is 0 Å². The minimum atomic E-state index is 0.338. The minimum absolute atomic E-state index is 0.338. The standard InChI is InChI=1S/C15H21N5O/c1-2-16-12-9-20-7-6-17-15(20)14(19-12)18-11-5-8-21-13(11)10-3-4-10/h6-7,9-11,13,16H,2-5,8H2,1H3,(H,18,19). The molecule has 1 saturated heterocycles. The lowest BCUT2D eigenvalue weighted by molar-refractivity contribution is 0.0898. The van der Waals surface area contributed by atoms with Crippen LogP contribution in [-0.2, 0) is 4.74 Å². The molecular formula is C15H21N5O. The smallest absolute Gasteiger partial charge is 0.180 e. The largest absolute Gasteiger partial charge is 0.376 e. The average molecular weight is 287 g/mol. The first-order valence-corrected chi connectivity index (χ1v) is 7.81. The molecule has 1 aliphatic carbocycles. The van der Waals surface area contributed by atoms with E-state index in [4.69, 9.17) is 4.74 Å². The molecule has 2 aliphatic rings. The summed E-state index contributed by atoms with van der Waals surface area (Å²) in [5, 5.41) is 6.85. The van der Waals surface area contributed by atoms with Gasteiger partial charge in [0.15, 0.2) is 11.5 Å². The molecular weight excluding hydrogens is 266 g/mol. The molecule has 0 spiro atoms. The van der Waals surface area contributed by atoms with Gasteiger partial charge < -0.3 is 19.8 Å². The molecule has 1 aliphatic heterocycles. The average Bonchev–Trinajstić information content (AvgIpc) is 3.02. The number of anilines is 2. The fourth-order valence-electron chi connectivity index (χ4n) is 3.13. The molecule has 21 heavy (non-hydrogen) atoms. The number of nitrogens with one attached hydrogen (secondary N) is 2. The maximum absolute atomic E-state index is 5.90. The summed E-state index contributed by atoms with van der Waals surface area (Å²) in [7, 11) is 0. The number of nitrogens with zero attached hydrogens (tertiary/aromatic N) is 3. The van der Waals surface area contributed by atoms with Crippen LogP contribution >= 0.6 is 0 Å². The van der Waals surface area contributed by atoms with E-state index in [0.29, 0.717) is 12.1 Å². The fraction of sp³-hybridized carbons (Fsp3) is 0.600. The highest BCUT2D eigenvalue weighted by Gasteiger charge is 2.40. The van der Waals surface area contributed by atoms with E-state index < -0.39 is 0 Å². The summed E-state index contributed by atoms with van der Waals surface area (Å²) < 4.78 is 7.91. The van der Waals surface area contributed by atoms with Crippen molar-refractivity contribution in [3.05, 3.63) is 18.6 Å². The molecule has 6 heteroatoms. The summed E-state index contributed by atoms with van der Waals surface area (Å²) in [5.41, 5.74) is 0.873. The summed E-state index contributed by atoms with van der Waals surface area (Å²) in [5.74, 6) is 2.45. The van der Waals surface area contributed by atoms with Crippen molar-refractivity contribution < 1.29 is 4.74 Å². The second-order valence-corrected chi connectivity index (χ2v) is 5.88. The summed E-state index contributed by atoms with van der Waals surface area (Å²) in [4.78, 5) is 9.10. The molecule has 0 radical (unpaired) electrons. The van der Waals surface area contributed by atoms with Crippen molar-refractivity contribution in [1.29, 1.82) is 0 Å².